The average Bonchev–Trinajstić information content (AvgIpc) is 2.09. The molecule has 1 rings (SSSR count). The number of hydrogen-bond donors (Lipinski definition) is 1. The van der Waals surface area contributed by atoms with Gasteiger partial charge in [-0.3, -0.25) is 0 Å². The normalized spacial score (nSPS) is 11.5. The lowest BCUT2D eigenvalue weighted by Gasteiger charge is -2.13. The largest absolute Gasteiger partial charge is 0.573 e. The van der Waals surface area contributed by atoms with E-state index in [9.17, 15) is 13.2 Å². The molecule has 0 saturated carbocycles. The van der Waals surface area contributed by atoms with Crippen LogP contribution in [0.5, 0.6) is 5.75 Å². The second-order valence-corrected chi connectivity index (χ2v) is 3.69. The zero-order valence-electron chi connectivity index (χ0n) is 7.24. The summed E-state index contributed by atoms with van der Waals surface area (Å²) >= 11 is 8.49. The van der Waals surface area contributed by atoms with E-state index in [1.54, 1.807) is 0 Å². The summed E-state index contributed by atoms with van der Waals surface area (Å²) in [4.78, 5) is 0. The van der Waals surface area contributed by atoms with Crippen molar-refractivity contribution in [2.75, 3.05) is 5.73 Å². The van der Waals surface area contributed by atoms with Crippen LogP contribution in [0.1, 0.15) is 5.56 Å². The minimum atomic E-state index is -4.73. The Morgan fingerprint density at radius 3 is 2.47 bits per heavy atom. The Kier molecular flexibility index (Phi) is 3.72. The highest BCUT2D eigenvalue weighted by molar-refractivity contribution is 9.10. The molecular weight excluding hydrogens is 298 g/mol. The zero-order valence-corrected chi connectivity index (χ0v) is 9.58. The first-order chi connectivity index (χ1) is 6.85. The first-order valence-corrected chi connectivity index (χ1v) is 5.06. The molecule has 1 aromatic carbocycles. The third-order valence-electron chi connectivity index (χ3n) is 1.60. The standard InChI is InChI=1S/C8H6BrClF3NO/c9-7-4(3-10)5(14)1-2-6(7)15-8(11,12)13/h1-2H,3,14H2. The summed E-state index contributed by atoms with van der Waals surface area (Å²) in [7, 11) is 0. The van der Waals surface area contributed by atoms with Crippen LogP contribution in [0.25, 0.3) is 0 Å². The van der Waals surface area contributed by atoms with Crippen molar-refractivity contribution in [1.82, 2.24) is 0 Å². The molecule has 0 spiro atoms. The highest BCUT2D eigenvalue weighted by atomic mass is 79.9. The van der Waals surface area contributed by atoms with Crippen LogP contribution in [-0.2, 0) is 5.88 Å². The van der Waals surface area contributed by atoms with Crippen molar-refractivity contribution in [3.05, 3.63) is 22.2 Å². The maximum absolute atomic E-state index is 12.0. The van der Waals surface area contributed by atoms with Crippen molar-refractivity contribution in [2.24, 2.45) is 0 Å². The van der Waals surface area contributed by atoms with Crippen LogP contribution in [0.3, 0.4) is 0 Å². The maximum Gasteiger partial charge on any atom is 0.573 e. The molecule has 0 aliphatic heterocycles. The average molecular weight is 304 g/mol. The second kappa shape index (κ2) is 4.49. The van der Waals surface area contributed by atoms with Gasteiger partial charge in [-0.15, -0.1) is 24.8 Å². The first kappa shape index (κ1) is 12.4. The fourth-order valence-electron chi connectivity index (χ4n) is 0.954. The van der Waals surface area contributed by atoms with Gasteiger partial charge in [-0.05, 0) is 28.1 Å². The Balaban J connectivity index is 3.11. The Morgan fingerprint density at radius 1 is 1.40 bits per heavy atom. The maximum atomic E-state index is 12.0. The van der Waals surface area contributed by atoms with Crippen LogP contribution in [0.15, 0.2) is 16.6 Å². The molecule has 0 amide bonds. The van der Waals surface area contributed by atoms with Gasteiger partial charge in [-0.2, -0.15) is 0 Å². The van der Waals surface area contributed by atoms with Gasteiger partial charge >= 0.3 is 6.36 Å². The molecule has 1 aromatic rings. The van der Waals surface area contributed by atoms with Gasteiger partial charge < -0.3 is 10.5 Å². The number of ether oxygens (including phenoxy) is 1. The summed E-state index contributed by atoms with van der Waals surface area (Å²) in [6.45, 7) is 0. The number of rotatable bonds is 2. The molecule has 0 radical (unpaired) electrons. The van der Waals surface area contributed by atoms with Crippen molar-refractivity contribution in [3.63, 3.8) is 0 Å². The summed E-state index contributed by atoms with van der Waals surface area (Å²) in [5.74, 6) is -0.353. The van der Waals surface area contributed by atoms with Crippen molar-refractivity contribution >= 4 is 33.2 Å². The van der Waals surface area contributed by atoms with E-state index in [1.165, 1.54) is 6.07 Å². The van der Waals surface area contributed by atoms with Crippen LogP contribution in [0.2, 0.25) is 0 Å². The van der Waals surface area contributed by atoms with E-state index >= 15 is 0 Å². The number of benzene rings is 1. The molecule has 0 saturated heterocycles. The van der Waals surface area contributed by atoms with E-state index in [0.717, 1.165) is 6.07 Å². The zero-order chi connectivity index (χ0) is 11.6. The smallest absolute Gasteiger partial charge is 0.405 e. The molecule has 0 aliphatic rings. The lowest BCUT2D eigenvalue weighted by atomic mass is 10.2. The SMILES string of the molecule is Nc1ccc(OC(F)(F)F)c(Br)c1CCl. The Morgan fingerprint density at radius 2 is 2.00 bits per heavy atom. The molecular formula is C8H6BrClF3NO. The molecule has 0 unspecified atom stereocenters. The summed E-state index contributed by atoms with van der Waals surface area (Å²) in [6, 6.07) is 2.44. The van der Waals surface area contributed by atoms with E-state index in [0.29, 0.717) is 11.3 Å². The van der Waals surface area contributed by atoms with Crippen LogP contribution in [0.4, 0.5) is 18.9 Å². The van der Waals surface area contributed by atoms with Crippen molar-refractivity contribution in [2.45, 2.75) is 12.2 Å². The van der Waals surface area contributed by atoms with E-state index in [1.807, 2.05) is 0 Å². The fourth-order valence-corrected chi connectivity index (χ4v) is 1.99. The number of nitrogens with two attached hydrogens (primary N) is 1. The number of alkyl halides is 4. The van der Waals surface area contributed by atoms with Crippen LogP contribution < -0.4 is 10.5 Å². The third kappa shape index (κ3) is 3.17. The van der Waals surface area contributed by atoms with Gasteiger partial charge in [0.05, 0.1) is 10.4 Å². The van der Waals surface area contributed by atoms with Crippen molar-refractivity contribution < 1.29 is 17.9 Å². The predicted molar refractivity (Wildman–Crippen MR) is 54.8 cm³/mol. The molecule has 15 heavy (non-hydrogen) atoms. The van der Waals surface area contributed by atoms with E-state index in [2.05, 4.69) is 20.7 Å². The lowest BCUT2D eigenvalue weighted by Crippen LogP contribution is -2.17. The van der Waals surface area contributed by atoms with Gasteiger partial charge in [-0.25, -0.2) is 0 Å². The molecule has 0 aromatic heterocycles. The molecule has 84 valence electrons. The summed E-state index contributed by atoms with van der Waals surface area (Å²) in [5.41, 5.74) is 6.20. The van der Waals surface area contributed by atoms with Gasteiger partial charge in [0.25, 0.3) is 0 Å². The highest BCUT2D eigenvalue weighted by Crippen LogP contribution is 2.36. The van der Waals surface area contributed by atoms with Gasteiger partial charge in [0.2, 0.25) is 0 Å². The number of hydrogen-bond acceptors (Lipinski definition) is 2. The lowest BCUT2D eigenvalue weighted by molar-refractivity contribution is -0.274. The predicted octanol–water partition coefficient (Wildman–Crippen LogP) is 3.67. The molecule has 0 heterocycles. The second-order valence-electron chi connectivity index (χ2n) is 2.63. The number of halogens is 5. The molecule has 0 aliphatic carbocycles. The van der Waals surface area contributed by atoms with Gasteiger partial charge in [0.15, 0.2) is 0 Å². The highest BCUT2D eigenvalue weighted by Gasteiger charge is 2.32. The Hall–Kier alpha value is -0.620. The Labute approximate surface area is 97.3 Å². The first-order valence-electron chi connectivity index (χ1n) is 3.73. The van der Waals surface area contributed by atoms with Gasteiger partial charge in [-0.1, -0.05) is 0 Å². The fraction of sp³-hybridized carbons (Fsp3) is 0.250. The summed E-state index contributed by atoms with van der Waals surface area (Å²) in [5, 5.41) is 0. The molecule has 0 atom stereocenters. The number of nitrogen functional groups attached to an aromatic ring is 1. The molecule has 2 N–H and O–H groups in total. The van der Waals surface area contributed by atoms with Crippen LogP contribution in [-0.4, -0.2) is 6.36 Å². The van der Waals surface area contributed by atoms with E-state index in [4.69, 9.17) is 17.3 Å². The van der Waals surface area contributed by atoms with Crippen LogP contribution in [0, 0.1) is 0 Å². The topological polar surface area (TPSA) is 35.2 Å². The summed E-state index contributed by atoms with van der Waals surface area (Å²) in [6.07, 6.45) is -4.73. The minimum Gasteiger partial charge on any atom is -0.405 e. The number of anilines is 1. The van der Waals surface area contributed by atoms with Gasteiger partial charge in [0, 0.05) is 11.3 Å². The molecule has 0 fully saturated rings. The van der Waals surface area contributed by atoms with Crippen LogP contribution >= 0.6 is 27.5 Å². The monoisotopic (exact) mass is 303 g/mol. The molecule has 2 nitrogen and oxygen atoms in total. The quantitative estimate of drug-likeness (QED) is 0.668. The molecule has 0 bridgehead atoms. The van der Waals surface area contributed by atoms with E-state index < -0.39 is 6.36 Å². The minimum absolute atomic E-state index is 0.00146. The van der Waals surface area contributed by atoms with Crippen molar-refractivity contribution in [3.8, 4) is 5.75 Å². The summed E-state index contributed by atoms with van der Waals surface area (Å²) < 4.78 is 39.7. The Bertz CT molecular complexity index is 370. The molecule has 7 heteroatoms. The van der Waals surface area contributed by atoms with Gasteiger partial charge in [0.1, 0.15) is 5.75 Å². The third-order valence-corrected chi connectivity index (χ3v) is 2.74. The van der Waals surface area contributed by atoms with E-state index in [-0.39, 0.29) is 16.1 Å². The van der Waals surface area contributed by atoms with Crippen molar-refractivity contribution in [1.29, 1.82) is 0 Å².